The molecule has 0 aliphatic rings. The summed E-state index contributed by atoms with van der Waals surface area (Å²) >= 11 is 0.617. The summed E-state index contributed by atoms with van der Waals surface area (Å²) in [6.07, 6.45) is -2.24. The summed E-state index contributed by atoms with van der Waals surface area (Å²) in [5, 5.41) is 9.25. The number of amides is 1. The number of hydrogen-bond donors (Lipinski definition) is 1. The summed E-state index contributed by atoms with van der Waals surface area (Å²) in [7, 11) is -2.88. The van der Waals surface area contributed by atoms with E-state index in [-0.39, 0.29) is 5.13 Å². The van der Waals surface area contributed by atoms with Crippen LogP contribution >= 0.6 is 11.3 Å². The van der Waals surface area contributed by atoms with Gasteiger partial charge in [-0.3, -0.25) is 4.79 Å². The van der Waals surface area contributed by atoms with Crippen molar-refractivity contribution in [2.75, 3.05) is 12.4 Å². The Morgan fingerprint density at radius 1 is 1.11 bits per heavy atom. The standard InChI is InChI=1S/C14H20N4O8S2/c1-7(25-12(21)9(3)26-11(20)8(2)24-5)6-15-28(22,23)14-18-17-13(27-14)16-10(4)19/h6-9H,1-5H3,(H,16,17,19). The minimum Gasteiger partial charge on any atom is -0.454 e. The Morgan fingerprint density at radius 2 is 1.71 bits per heavy atom. The summed E-state index contributed by atoms with van der Waals surface area (Å²) in [6, 6.07) is 0. The van der Waals surface area contributed by atoms with Gasteiger partial charge in [-0.05, 0) is 20.8 Å². The molecule has 28 heavy (non-hydrogen) atoms. The fourth-order valence-corrected chi connectivity index (χ4v) is 3.33. The number of carbonyl (C=O) groups is 3. The van der Waals surface area contributed by atoms with E-state index in [0.717, 1.165) is 6.21 Å². The van der Waals surface area contributed by atoms with Gasteiger partial charge in [0.15, 0.2) is 12.2 Å². The second kappa shape index (κ2) is 10.2. The third-order valence-corrected chi connectivity index (χ3v) is 5.37. The highest BCUT2D eigenvalue weighted by atomic mass is 32.2. The highest BCUT2D eigenvalue weighted by Crippen LogP contribution is 2.21. The lowest BCUT2D eigenvalue weighted by molar-refractivity contribution is -0.173. The lowest BCUT2D eigenvalue weighted by Gasteiger charge is -2.16. The molecular formula is C14H20N4O8S2. The first-order valence-electron chi connectivity index (χ1n) is 7.81. The molecule has 0 aliphatic heterocycles. The molecule has 0 saturated heterocycles. The molecule has 0 fully saturated rings. The number of rotatable bonds is 9. The summed E-state index contributed by atoms with van der Waals surface area (Å²) in [5.74, 6) is -2.07. The largest absolute Gasteiger partial charge is 0.454 e. The van der Waals surface area contributed by atoms with E-state index in [9.17, 15) is 22.8 Å². The Hall–Kier alpha value is -2.45. The van der Waals surface area contributed by atoms with Crippen LogP contribution in [0.3, 0.4) is 0 Å². The SMILES string of the molecule is COC(C)C(=O)OC(C)C(=O)OC(C)C=NS(=O)(=O)c1nnc(NC(C)=O)s1. The van der Waals surface area contributed by atoms with Crippen LogP contribution in [0.5, 0.6) is 0 Å². The Balaban J connectivity index is 2.67. The van der Waals surface area contributed by atoms with Crippen LogP contribution in [0.15, 0.2) is 8.74 Å². The van der Waals surface area contributed by atoms with Gasteiger partial charge in [-0.1, -0.05) is 11.3 Å². The van der Waals surface area contributed by atoms with Crippen LogP contribution in [0.4, 0.5) is 5.13 Å². The number of aromatic nitrogens is 2. The molecule has 14 heteroatoms. The van der Waals surface area contributed by atoms with E-state index in [0.29, 0.717) is 11.3 Å². The number of methoxy groups -OCH3 is 1. The maximum atomic E-state index is 12.1. The van der Waals surface area contributed by atoms with Crippen molar-refractivity contribution in [1.82, 2.24) is 10.2 Å². The van der Waals surface area contributed by atoms with Gasteiger partial charge in [-0.2, -0.15) is 12.8 Å². The van der Waals surface area contributed by atoms with E-state index in [1.54, 1.807) is 0 Å². The Morgan fingerprint density at radius 3 is 2.29 bits per heavy atom. The van der Waals surface area contributed by atoms with Gasteiger partial charge in [-0.25, -0.2) is 9.59 Å². The molecule has 0 radical (unpaired) electrons. The zero-order valence-corrected chi connectivity index (χ0v) is 17.4. The molecule has 156 valence electrons. The van der Waals surface area contributed by atoms with Crippen LogP contribution in [-0.4, -0.2) is 68.1 Å². The number of carbonyl (C=O) groups excluding carboxylic acids is 3. The molecule has 3 unspecified atom stereocenters. The Labute approximate surface area is 165 Å². The maximum Gasteiger partial charge on any atom is 0.347 e. The predicted molar refractivity (Wildman–Crippen MR) is 97.5 cm³/mol. The molecule has 0 bridgehead atoms. The highest BCUT2D eigenvalue weighted by Gasteiger charge is 2.24. The summed E-state index contributed by atoms with van der Waals surface area (Å²) in [5.41, 5.74) is 0. The molecular weight excluding hydrogens is 416 g/mol. The van der Waals surface area contributed by atoms with Crippen LogP contribution in [0.1, 0.15) is 27.7 Å². The lowest BCUT2D eigenvalue weighted by Crippen LogP contribution is -2.33. The van der Waals surface area contributed by atoms with Gasteiger partial charge >= 0.3 is 22.0 Å². The van der Waals surface area contributed by atoms with Crippen molar-refractivity contribution >= 4 is 50.6 Å². The maximum absolute atomic E-state index is 12.1. The van der Waals surface area contributed by atoms with Gasteiger partial charge < -0.3 is 19.5 Å². The second-order valence-electron chi connectivity index (χ2n) is 5.38. The van der Waals surface area contributed by atoms with Gasteiger partial charge in [0.2, 0.25) is 11.0 Å². The lowest BCUT2D eigenvalue weighted by atomic mass is 10.3. The van der Waals surface area contributed by atoms with Crippen molar-refractivity contribution in [1.29, 1.82) is 0 Å². The van der Waals surface area contributed by atoms with Crippen LogP contribution in [0.2, 0.25) is 0 Å². The molecule has 3 atom stereocenters. The minimum absolute atomic E-state index is 0.00155. The smallest absolute Gasteiger partial charge is 0.347 e. The van der Waals surface area contributed by atoms with Gasteiger partial charge in [0.05, 0.1) is 6.21 Å². The van der Waals surface area contributed by atoms with E-state index in [1.807, 2.05) is 0 Å². The zero-order valence-electron chi connectivity index (χ0n) is 15.7. The normalized spacial score (nSPS) is 14.9. The molecule has 1 N–H and O–H groups in total. The summed E-state index contributed by atoms with van der Waals surface area (Å²) < 4.78 is 41.7. The Kier molecular flexibility index (Phi) is 8.59. The molecule has 1 rings (SSSR count). The van der Waals surface area contributed by atoms with E-state index < -0.39 is 50.5 Å². The molecule has 1 aromatic rings. The number of anilines is 1. The fourth-order valence-electron chi connectivity index (χ4n) is 1.45. The fraction of sp³-hybridized carbons (Fsp3) is 0.571. The van der Waals surface area contributed by atoms with Crippen LogP contribution in [0.25, 0.3) is 0 Å². The first-order chi connectivity index (χ1) is 13.0. The molecule has 0 saturated carbocycles. The van der Waals surface area contributed by atoms with E-state index in [4.69, 9.17) is 14.2 Å². The molecule has 0 aliphatic carbocycles. The zero-order chi connectivity index (χ0) is 21.5. The Bertz CT molecular complexity index is 851. The van der Waals surface area contributed by atoms with Crippen LogP contribution < -0.4 is 5.32 Å². The average molecular weight is 436 g/mol. The average Bonchev–Trinajstić information content (AvgIpc) is 3.07. The molecule has 0 spiro atoms. The van der Waals surface area contributed by atoms with E-state index in [2.05, 4.69) is 19.9 Å². The number of ether oxygens (including phenoxy) is 3. The number of hydrogen-bond acceptors (Lipinski definition) is 11. The highest BCUT2D eigenvalue weighted by molar-refractivity contribution is 7.92. The number of esters is 2. The molecule has 12 nitrogen and oxygen atoms in total. The first kappa shape index (κ1) is 23.6. The molecule has 1 heterocycles. The van der Waals surface area contributed by atoms with E-state index in [1.165, 1.54) is 34.8 Å². The van der Waals surface area contributed by atoms with Crippen LogP contribution in [0, 0.1) is 0 Å². The molecule has 1 amide bonds. The van der Waals surface area contributed by atoms with Gasteiger partial charge in [0.1, 0.15) is 6.10 Å². The topological polar surface area (TPSA) is 163 Å². The van der Waals surface area contributed by atoms with Gasteiger partial charge in [0.25, 0.3) is 4.34 Å². The van der Waals surface area contributed by atoms with Crippen molar-refractivity contribution in [3.8, 4) is 0 Å². The first-order valence-corrected chi connectivity index (χ1v) is 10.1. The van der Waals surface area contributed by atoms with Gasteiger partial charge in [0, 0.05) is 14.0 Å². The second-order valence-corrected chi connectivity index (χ2v) is 8.17. The van der Waals surface area contributed by atoms with Crippen molar-refractivity contribution in [2.45, 2.75) is 50.3 Å². The predicted octanol–water partition coefficient (Wildman–Crippen LogP) is 0.154. The van der Waals surface area contributed by atoms with Gasteiger partial charge in [-0.15, -0.1) is 10.2 Å². The molecule has 1 aromatic heterocycles. The monoisotopic (exact) mass is 436 g/mol. The van der Waals surface area contributed by atoms with Crippen LogP contribution in [-0.2, 0) is 38.6 Å². The van der Waals surface area contributed by atoms with Crippen molar-refractivity contribution < 1.29 is 37.0 Å². The third kappa shape index (κ3) is 7.28. The number of sulfonamides is 1. The van der Waals surface area contributed by atoms with Crippen molar-refractivity contribution in [3.63, 3.8) is 0 Å². The summed E-state index contributed by atoms with van der Waals surface area (Å²) in [6.45, 7) is 5.35. The summed E-state index contributed by atoms with van der Waals surface area (Å²) in [4.78, 5) is 34.4. The number of nitrogens with zero attached hydrogens (tertiary/aromatic N) is 3. The third-order valence-electron chi connectivity index (χ3n) is 2.93. The minimum atomic E-state index is -4.19. The molecule has 0 aromatic carbocycles. The van der Waals surface area contributed by atoms with E-state index >= 15 is 0 Å². The van der Waals surface area contributed by atoms with Crippen molar-refractivity contribution in [3.05, 3.63) is 0 Å². The quantitative estimate of drug-likeness (QED) is 0.320. The van der Waals surface area contributed by atoms with Crippen molar-refractivity contribution in [2.24, 2.45) is 4.40 Å². The number of nitrogens with one attached hydrogen (secondary N) is 1.